The second kappa shape index (κ2) is 8.36. The van der Waals surface area contributed by atoms with Gasteiger partial charge in [-0.3, -0.25) is 9.78 Å². The number of hydrogen-bond donors (Lipinski definition) is 1. The standard InChI is InChI=1S/C25H24FNO3/c1-15(2)25-21(12-11-19-13-18(28)14-23(29)30-19)24(16-7-9-17(26)10-8-16)20-5-3-4-6-22(20)27-25/h3-12,15,18-19,28H,13-14H2,1-2H3/b12-11+. The van der Waals surface area contributed by atoms with Crippen molar-refractivity contribution in [3.63, 3.8) is 0 Å². The second-order valence-electron chi connectivity index (χ2n) is 7.95. The smallest absolute Gasteiger partial charge is 0.309 e. The summed E-state index contributed by atoms with van der Waals surface area (Å²) in [6.07, 6.45) is 2.94. The van der Waals surface area contributed by atoms with Gasteiger partial charge in [0.2, 0.25) is 0 Å². The summed E-state index contributed by atoms with van der Waals surface area (Å²) in [5.74, 6) is -0.544. The predicted molar refractivity (Wildman–Crippen MR) is 115 cm³/mol. The Kier molecular flexibility index (Phi) is 5.64. The van der Waals surface area contributed by atoms with E-state index in [1.165, 1.54) is 12.1 Å². The molecule has 0 saturated carbocycles. The minimum Gasteiger partial charge on any atom is -0.458 e. The first-order chi connectivity index (χ1) is 14.4. The number of halogens is 1. The van der Waals surface area contributed by atoms with Gasteiger partial charge >= 0.3 is 5.97 Å². The average molecular weight is 405 g/mol. The van der Waals surface area contributed by atoms with Crippen LogP contribution in [0.15, 0.2) is 54.6 Å². The summed E-state index contributed by atoms with van der Waals surface area (Å²) in [6.45, 7) is 4.15. The van der Waals surface area contributed by atoms with Gasteiger partial charge in [0, 0.05) is 22.9 Å². The molecule has 4 rings (SSSR count). The van der Waals surface area contributed by atoms with Gasteiger partial charge in [0.15, 0.2) is 0 Å². The third kappa shape index (κ3) is 4.12. The van der Waals surface area contributed by atoms with Crippen LogP contribution in [-0.4, -0.2) is 28.3 Å². The molecule has 2 unspecified atom stereocenters. The van der Waals surface area contributed by atoms with E-state index < -0.39 is 18.2 Å². The number of aromatic nitrogens is 1. The van der Waals surface area contributed by atoms with E-state index >= 15 is 0 Å². The molecule has 2 aromatic carbocycles. The van der Waals surface area contributed by atoms with Gasteiger partial charge in [-0.05, 0) is 35.8 Å². The highest BCUT2D eigenvalue weighted by Gasteiger charge is 2.26. The molecular weight excluding hydrogens is 381 g/mol. The number of carbonyl (C=O) groups excluding carboxylic acids is 1. The first kappa shape index (κ1) is 20.2. The molecule has 1 fully saturated rings. The molecule has 0 spiro atoms. The van der Waals surface area contributed by atoms with Crippen LogP contribution in [0.25, 0.3) is 28.1 Å². The monoisotopic (exact) mass is 405 g/mol. The molecule has 4 nitrogen and oxygen atoms in total. The number of esters is 1. The SMILES string of the molecule is CC(C)c1nc2ccccc2c(-c2ccc(F)cc2)c1/C=C/C1CC(O)CC(=O)O1. The highest BCUT2D eigenvalue weighted by molar-refractivity contribution is 5.99. The van der Waals surface area contributed by atoms with Gasteiger partial charge in [-0.15, -0.1) is 0 Å². The van der Waals surface area contributed by atoms with E-state index in [2.05, 4.69) is 13.8 Å². The number of pyridine rings is 1. The zero-order valence-corrected chi connectivity index (χ0v) is 17.0. The fourth-order valence-electron chi connectivity index (χ4n) is 3.91. The normalized spacial score (nSPS) is 19.6. The fourth-order valence-corrected chi connectivity index (χ4v) is 3.91. The number of fused-ring (bicyclic) bond motifs is 1. The molecule has 0 aliphatic carbocycles. The van der Waals surface area contributed by atoms with Crippen molar-refractivity contribution in [2.45, 2.75) is 44.8 Å². The summed E-state index contributed by atoms with van der Waals surface area (Å²) in [5, 5.41) is 10.9. The summed E-state index contributed by atoms with van der Waals surface area (Å²) in [4.78, 5) is 16.6. The van der Waals surface area contributed by atoms with Gasteiger partial charge in [0.05, 0.1) is 23.7 Å². The minimum atomic E-state index is -0.697. The van der Waals surface area contributed by atoms with Gasteiger partial charge < -0.3 is 9.84 Å². The Bertz CT molecular complexity index is 1110. The van der Waals surface area contributed by atoms with Crippen LogP contribution in [0.2, 0.25) is 0 Å². The van der Waals surface area contributed by atoms with E-state index in [1.807, 2.05) is 36.4 Å². The highest BCUT2D eigenvalue weighted by atomic mass is 19.1. The van der Waals surface area contributed by atoms with Gasteiger partial charge in [-0.2, -0.15) is 0 Å². The van der Waals surface area contributed by atoms with Crippen molar-refractivity contribution in [3.8, 4) is 11.1 Å². The fraction of sp³-hybridized carbons (Fsp3) is 0.280. The zero-order valence-electron chi connectivity index (χ0n) is 17.0. The maximum absolute atomic E-state index is 13.6. The predicted octanol–water partition coefficient (Wildman–Crippen LogP) is 5.24. The number of ether oxygens (including phenoxy) is 1. The van der Waals surface area contributed by atoms with Crippen molar-refractivity contribution in [3.05, 3.63) is 71.7 Å². The highest BCUT2D eigenvalue weighted by Crippen LogP contribution is 2.36. The summed E-state index contributed by atoms with van der Waals surface area (Å²) in [7, 11) is 0. The van der Waals surface area contributed by atoms with Gasteiger partial charge in [0.25, 0.3) is 0 Å². The topological polar surface area (TPSA) is 59.4 Å². The lowest BCUT2D eigenvalue weighted by Crippen LogP contribution is -2.31. The van der Waals surface area contributed by atoms with Crippen LogP contribution >= 0.6 is 0 Å². The Hall–Kier alpha value is -3.05. The van der Waals surface area contributed by atoms with E-state index in [4.69, 9.17) is 9.72 Å². The molecule has 0 radical (unpaired) electrons. The van der Waals surface area contributed by atoms with Crippen molar-refractivity contribution in [1.29, 1.82) is 0 Å². The molecule has 1 aliphatic heterocycles. The van der Waals surface area contributed by atoms with Crippen molar-refractivity contribution in [2.24, 2.45) is 0 Å². The number of para-hydroxylation sites is 1. The van der Waals surface area contributed by atoms with Gasteiger partial charge in [-0.25, -0.2) is 4.39 Å². The number of carbonyl (C=O) groups is 1. The summed E-state index contributed by atoms with van der Waals surface area (Å²) in [5.41, 5.74) is 4.54. The molecule has 3 aromatic rings. The van der Waals surface area contributed by atoms with E-state index in [1.54, 1.807) is 12.1 Å². The lowest BCUT2D eigenvalue weighted by molar-refractivity contribution is -0.156. The average Bonchev–Trinajstić information content (AvgIpc) is 2.71. The number of cyclic esters (lactones) is 1. The zero-order chi connectivity index (χ0) is 21.3. The van der Waals surface area contributed by atoms with Crippen LogP contribution in [-0.2, 0) is 9.53 Å². The molecule has 0 amide bonds. The Morgan fingerprint density at radius 2 is 1.90 bits per heavy atom. The van der Waals surface area contributed by atoms with Crippen LogP contribution in [0, 0.1) is 5.82 Å². The molecular formula is C25H24FNO3. The molecule has 1 aliphatic rings. The minimum absolute atomic E-state index is 0.0277. The molecule has 1 saturated heterocycles. The maximum Gasteiger partial charge on any atom is 0.309 e. The van der Waals surface area contributed by atoms with Crippen LogP contribution in [0.3, 0.4) is 0 Å². The Labute approximate surface area is 175 Å². The molecule has 30 heavy (non-hydrogen) atoms. The first-order valence-corrected chi connectivity index (χ1v) is 10.2. The molecule has 1 N–H and O–H groups in total. The first-order valence-electron chi connectivity index (χ1n) is 10.2. The summed E-state index contributed by atoms with van der Waals surface area (Å²) >= 11 is 0. The number of hydrogen-bond acceptors (Lipinski definition) is 4. The number of nitrogens with zero attached hydrogens (tertiary/aromatic N) is 1. The number of aliphatic hydroxyl groups is 1. The van der Waals surface area contributed by atoms with Crippen LogP contribution in [0.4, 0.5) is 4.39 Å². The molecule has 5 heteroatoms. The maximum atomic E-state index is 13.6. The van der Waals surface area contributed by atoms with E-state index in [0.717, 1.165) is 33.3 Å². The third-order valence-corrected chi connectivity index (χ3v) is 5.31. The van der Waals surface area contributed by atoms with Crippen molar-refractivity contribution in [1.82, 2.24) is 4.98 Å². The second-order valence-corrected chi connectivity index (χ2v) is 7.95. The molecule has 2 heterocycles. The molecule has 154 valence electrons. The van der Waals surface area contributed by atoms with E-state index in [-0.39, 0.29) is 18.2 Å². The van der Waals surface area contributed by atoms with Crippen molar-refractivity contribution < 1.29 is 19.0 Å². The van der Waals surface area contributed by atoms with E-state index in [0.29, 0.717) is 6.42 Å². The van der Waals surface area contributed by atoms with Gasteiger partial charge in [-0.1, -0.05) is 50.3 Å². The third-order valence-electron chi connectivity index (χ3n) is 5.31. The number of aliphatic hydroxyl groups excluding tert-OH is 1. The van der Waals surface area contributed by atoms with Crippen molar-refractivity contribution >= 4 is 22.9 Å². The Morgan fingerprint density at radius 1 is 1.17 bits per heavy atom. The molecule has 1 aromatic heterocycles. The summed E-state index contributed by atoms with van der Waals surface area (Å²) < 4.78 is 19.0. The largest absolute Gasteiger partial charge is 0.458 e. The lowest BCUT2D eigenvalue weighted by atomic mass is 9.90. The Balaban J connectivity index is 1.91. The quantitative estimate of drug-likeness (QED) is 0.603. The van der Waals surface area contributed by atoms with Crippen molar-refractivity contribution in [2.75, 3.05) is 0 Å². The van der Waals surface area contributed by atoms with Crippen LogP contribution < -0.4 is 0 Å². The van der Waals surface area contributed by atoms with E-state index in [9.17, 15) is 14.3 Å². The van der Waals surface area contributed by atoms with Crippen LogP contribution in [0.5, 0.6) is 0 Å². The number of rotatable bonds is 4. The Morgan fingerprint density at radius 3 is 2.60 bits per heavy atom. The van der Waals surface area contributed by atoms with Crippen LogP contribution in [0.1, 0.15) is 43.9 Å². The molecule has 2 atom stereocenters. The number of benzene rings is 2. The lowest BCUT2D eigenvalue weighted by Gasteiger charge is -2.24. The summed E-state index contributed by atoms with van der Waals surface area (Å²) in [6, 6.07) is 14.3. The van der Waals surface area contributed by atoms with Gasteiger partial charge in [0.1, 0.15) is 11.9 Å². The molecule has 0 bridgehead atoms.